The quantitative estimate of drug-likeness (QED) is 0.896. The Morgan fingerprint density at radius 3 is 2.89 bits per heavy atom. The summed E-state index contributed by atoms with van der Waals surface area (Å²) in [6, 6.07) is 11.1. The van der Waals surface area contributed by atoms with Crippen LogP contribution in [-0.2, 0) is 4.79 Å². The lowest BCUT2D eigenvalue weighted by molar-refractivity contribution is -0.137. The van der Waals surface area contributed by atoms with Crippen molar-refractivity contribution in [1.29, 1.82) is 0 Å². The number of aliphatic carboxylic acids is 1. The molecule has 1 aliphatic heterocycles. The van der Waals surface area contributed by atoms with Gasteiger partial charge in [0.25, 0.3) is 0 Å². The van der Waals surface area contributed by atoms with E-state index < -0.39 is 12.0 Å². The highest BCUT2D eigenvalue weighted by Gasteiger charge is 2.25. The highest BCUT2D eigenvalue weighted by molar-refractivity contribution is 8.14. The molecule has 1 aliphatic rings. The average molecular weight is 258 g/mol. The van der Waals surface area contributed by atoms with Gasteiger partial charge in [-0.3, -0.25) is 4.99 Å². The van der Waals surface area contributed by atoms with Crippen LogP contribution in [0.4, 0.5) is 0 Å². The van der Waals surface area contributed by atoms with Crippen LogP contribution >= 0.6 is 11.8 Å². The molecule has 0 aliphatic carbocycles. The van der Waals surface area contributed by atoms with E-state index in [0.717, 1.165) is 16.6 Å². The molecule has 1 atom stereocenters. The number of thioether (sulfide) groups is 1. The van der Waals surface area contributed by atoms with Crippen molar-refractivity contribution in [1.82, 2.24) is 4.98 Å². The highest BCUT2D eigenvalue weighted by atomic mass is 32.2. The molecule has 90 valence electrons. The number of hydrogen-bond acceptors (Lipinski definition) is 4. The van der Waals surface area contributed by atoms with Gasteiger partial charge in [-0.25, -0.2) is 9.78 Å². The summed E-state index contributed by atoms with van der Waals surface area (Å²) in [6.45, 7) is 0. The van der Waals surface area contributed by atoms with E-state index >= 15 is 0 Å². The number of carboxylic acid groups (broad SMARTS) is 1. The maximum absolute atomic E-state index is 10.8. The first kappa shape index (κ1) is 11.2. The maximum Gasteiger partial charge on any atom is 0.329 e. The molecule has 1 aromatic carbocycles. The third-order valence-corrected chi connectivity index (χ3v) is 3.82. The maximum atomic E-state index is 10.8. The fourth-order valence-corrected chi connectivity index (χ4v) is 2.82. The molecule has 2 heterocycles. The monoisotopic (exact) mass is 258 g/mol. The van der Waals surface area contributed by atoms with E-state index in [1.54, 1.807) is 0 Å². The topological polar surface area (TPSA) is 62.5 Å². The number of carboxylic acids is 1. The summed E-state index contributed by atoms with van der Waals surface area (Å²) in [5.74, 6) is -0.391. The first-order valence-corrected chi connectivity index (χ1v) is 6.52. The van der Waals surface area contributed by atoms with Gasteiger partial charge in [-0.1, -0.05) is 24.3 Å². The van der Waals surface area contributed by atoms with Crippen molar-refractivity contribution < 1.29 is 9.90 Å². The first-order chi connectivity index (χ1) is 8.74. The zero-order chi connectivity index (χ0) is 12.5. The third-order valence-electron chi connectivity index (χ3n) is 2.75. The van der Waals surface area contributed by atoms with Crippen LogP contribution in [-0.4, -0.2) is 32.9 Å². The smallest absolute Gasteiger partial charge is 0.329 e. The molecule has 0 amide bonds. The van der Waals surface area contributed by atoms with Crippen LogP contribution in [0.1, 0.15) is 5.69 Å². The van der Waals surface area contributed by atoms with Gasteiger partial charge in [0.15, 0.2) is 6.04 Å². The predicted octanol–water partition coefficient (Wildman–Crippen LogP) is 2.18. The molecule has 3 rings (SSSR count). The zero-order valence-corrected chi connectivity index (χ0v) is 10.2. The number of benzene rings is 1. The van der Waals surface area contributed by atoms with Crippen molar-refractivity contribution in [3.63, 3.8) is 0 Å². The highest BCUT2D eigenvalue weighted by Crippen LogP contribution is 2.24. The molecule has 0 fully saturated rings. The van der Waals surface area contributed by atoms with Gasteiger partial charge in [-0.15, -0.1) is 11.8 Å². The number of fused-ring (bicyclic) bond motifs is 1. The van der Waals surface area contributed by atoms with Crippen molar-refractivity contribution in [2.75, 3.05) is 5.75 Å². The summed E-state index contributed by atoms with van der Waals surface area (Å²) in [5.41, 5.74) is 1.65. The Morgan fingerprint density at radius 1 is 1.28 bits per heavy atom. The van der Waals surface area contributed by atoms with Gasteiger partial charge in [-0.2, -0.15) is 0 Å². The summed E-state index contributed by atoms with van der Waals surface area (Å²) in [5, 5.41) is 10.7. The molecule has 1 unspecified atom stereocenters. The van der Waals surface area contributed by atoms with E-state index in [1.807, 2.05) is 36.4 Å². The summed E-state index contributed by atoms with van der Waals surface area (Å²) >= 11 is 1.45. The number of nitrogens with zero attached hydrogens (tertiary/aromatic N) is 2. The van der Waals surface area contributed by atoms with Crippen molar-refractivity contribution in [2.24, 2.45) is 4.99 Å². The van der Waals surface area contributed by atoms with E-state index in [4.69, 9.17) is 5.11 Å². The molecule has 18 heavy (non-hydrogen) atoms. The molecule has 1 aromatic heterocycles. The number of carbonyl (C=O) groups is 1. The molecule has 2 aromatic rings. The molecule has 0 bridgehead atoms. The Kier molecular flexibility index (Phi) is 2.76. The van der Waals surface area contributed by atoms with Gasteiger partial charge in [0, 0.05) is 11.1 Å². The first-order valence-electron chi connectivity index (χ1n) is 5.53. The van der Waals surface area contributed by atoms with Gasteiger partial charge in [0.1, 0.15) is 5.04 Å². The van der Waals surface area contributed by atoms with Crippen LogP contribution in [0.25, 0.3) is 10.9 Å². The second-order valence-corrected chi connectivity index (χ2v) is 5.00. The second kappa shape index (κ2) is 4.42. The zero-order valence-electron chi connectivity index (χ0n) is 9.41. The molecular formula is C13H10N2O2S. The van der Waals surface area contributed by atoms with Crippen LogP contribution in [0, 0.1) is 0 Å². The number of hydrogen-bond donors (Lipinski definition) is 1. The van der Waals surface area contributed by atoms with E-state index in [9.17, 15) is 4.79 Å². The Bertz CT molecular complexity index is 654. The summed E-state index contributed by atoms with van der Waals surface area (Å²) < 4.78 is 0. The van der Waals surface area contributed by atoms with Crippen LogP contribution in [0.15, 0.2) is 41.4 Å². The number of para-hydroxylation sites is 1. The predicted molar refractivity (Wildman–Crippen MR) is 72.2 cm³/mol. The molecule has 4 nitrogen and oxygen atoms in total. The second-order valence-electron chi connectivity index (χ2n) is 3.99. The minimum absolute atomic E-state index is 0.485. The van der Waals surface area contributed by atoms with Gasteiger partial charge in [0.2, 0.25) is 0 Å². The van der Waals surface area contributed by atoms with E-state index in [1.165, 1.54) is 11.8 Å². The average Bonchev–Trinajstić information content (AvgIpc) is 2.88. The summed E-state index contributed by atoms with van der Waals surface area (Å²) in [4.78, 5) is 19.5. The van der Waals surface area contributed by atoms with Gasteiger partial charge >= 0.3 is 5.97 Å². The van der Waals surface area contributed by atoms with Crippen LogP contribution in [0.5, 0.6) is 0 Å². The molecule has 0 saturated heterocycles. The van der Waals surface area contributed by atoms with E-state index in [-0.39, 0.29) is 0 Å². The van der Waals surface area contributed by atoms with E-state index in [0.29, 0.717) is 10.8 Å². The fourth-order valence-electron chi connectivity index (χ4n) is 1.83. The lowest BCUT2D eigenvalue weighted by atomic mass is 10.2. The SMILES string of the molecule is O=C(O)C1CSC(c2ccc3ccccc3n2)=N1. The minimum Gasteiger partial charge on any atom is -0.480 e. The van der Waals surface area contributed by atoms with Crippen molar-refractivity contribution >= 4 is 33.7 Å². The Hall–Kier alpha value is -1.88. The number of pyridine rings is 1. The largest absolute Gasteiger partial charge is 0.480 e. The van der Waals surface area contributed by atoms with Crippen LogP contribution < -0.4 is 0 Å². The van der Waals surface area contributed by atoms with Gasteiger partial charge < -0.3 is 5.11 Å². The van der Waals surface area contributed by atoms with Crippen molar-refractivity contribution in [3.05, 3.63) is 42.1 Å². The lowest BCUT2D eigenvalue weighted by Crippen LogP contribution is -2.17. The lowest BCUT2D eigenvalue weighted by Gasteiger charge is -2.01. The Balaban J connectivity index is 2.00. The minimum atomic E-state index is -0.877. The van der Waals surface area contributed by atoms with E-state index in [2.05, 4.69) is 9.98 Å². The van der Waals surface area contributed by atoms with Crippen molar-refractivity contribution in [3.8, 4) is 0 Å². The Morgan fingerprint density at radius 2 is 2.11 bits per heavy atom. The fraction of sp³-hybridized carbons (Fsp3) is 0.154. The molecule has 0 spiro atoms. The third kappa shape index (κ3) is 1.97. The molecule has 0 radical (unpaired) electrons. The molecule has 1 N–H and O–H groups in total. The number of rotatable bonds is 2. The van der Waals surface area contributed by atoms with Crippen LogP contribution in [0.3, 0.4) is 0 Å². The van der Waals surface area contributed by atoms with Crippen LogP contribution in [0.2, 0.25) is 0 Å². The number of aliphatic imine (C=N–C) groups is 1. The normalized spacial score (nSPS) is 18.9. The van der Waals surface area contributed by atoms with Crippen molar-refractivity contribution in [2.45, 2.75) is 6.04 Å². The molecule has 0 saturated carbocycles. The summed E-state index contributed by atoms with van der Waals surface area (Å²) in [7, 11) is 0. The summed E-state index contributed by atoms with van der Waals surface area (Å²) in [6.07, 6.45) is 0. The van der Waals surface area contributed by atoms with Gasteiger partial charge in [0.05, 0.1) is 11.2 Å². The molecular weight excluding hydrogens is 248 g/mol. The number of aromatic nitrogens is 1. The molecule has 5 heteroatoms. The van der Waals surface area contributed by atoms with Gasteiger partial charge in [-0.05, 0) is 12.1 Å². The standard InChI is InChI=1S/C13H10N2O2S/c16-13(17)11-7-18-12(15-11)10-6-5-8-3-1-2-4-9(8)14-10/h1-6,11H,7H2,(H,16,17). The Labute approximate surface area is 108 Å².